The van der Waals surface area contributed by atoms with Crippen molar-refractivity contribution in [3.05, 3.63) is 64.7 Å². The Bertz CT molecular complexity index is 1250. The molecule has 1 heterocycles. The highest BCUT2D eigenvalue weighted by molar-refractivity contribution is 6.09. The number of amides is 2. The van der Waals surface area contributed by atoms with E-state index < -0.39 is 49.4 Å². The van der Waals surface area contributed by atoms with E-state index in [1.165, 1.54) is 18.0 Å². The lowest BCUT2D eigenvalue weighted by Crippen LogP contribution is -2.39. The number of hydrogen-bond acceptors (Lipinski definition) is 6. The Kier molecular flexibility index (Phi) is 8.11. The second-order valence-electron chi connectivity index (χ2n) is 7.91. The molecule has 2 aromatic carbocycles. The van der Waals surface area contributed by atoms with E-state index in [4.69, 9.17) is 5.73 Å². The molecule has 0 unspecified atom stereocenters. The number of likely N-dealkylation sites (N-methyl/N-ethyl adjacent to an activating group) is 1. The van der Waals surface area contributed by atoms with E-state index in [2.05, 4.69) is 16.6 Å². The molecule has 0 bridgehead atoms. The fourth-order valence-electron chi connectivity index (χ4n) is 3.41. The van der Waals surface area contributed by atoms with E-state index in [-0.39, 0.29) is 5.56 Å². The molecule has 2 aromatic rings. The molecule has 3 rings (SSSR count). The summed E-state index contributed by atoms with van der Waals surface area (Å²) in [5, 5.41) is 0. The number of nitrogens with zero attached hydrogens (tertiary/aromatic N) is 2. The van der Waals surface area contributed by atoms with E-state index in [0.29, 0.717) is 17.8 Å². The number of carbonyl (C=O) groups excluding carboxylic acids is 4. The van der Waals surface area contributed by atoms with Crippen LogP contribution < -0.4 is 10.6 Å². The summed E-state index contributed by atoms with van der Waals surface area (Å²) in [7, 11) is 1.47. The fourth-order valence-corrected chi connectivity index (χ4v) is 3.41. The summed E-state index contributed by atoms with van der Waals surface area (Å²) in [6, 6.07) is 12.3. The maximum atomic E-state index is 13.1. The number of nitrogens with two attached hydrogens (primary N) is 1. The van der Waals surface area contributed by atoms with E-state index in [1.807, 2.05) is 24.3 Å². The van der Waals surface area contributed by atoms with Crippen LogP contribution in [-0.4, -0.2) is 61.5 Å². The summed E-state index contributed by atoms with van der Waals surface area (Å²) in [6.45, 7) is -0.303. The van der Waals surface area contributed by atoms with Crippen molar-refractivity contribution in [3.8, 4) is 11.8 Å². The van der Waals surface area contributed by atoms with Crippen molar-refractivity contribution >= 4 is 29.4 Å². The largest absolute Gasteiger partial charge is 0.491 e. The van der Waals surface area contributed by atoms with Gasteiger partial charge in [-0.05, 0) is 48.9 Å². The van der Waals surface area contributed by atoms with Crippen molar-refractivity contribution in [3.63, 3.8) is 0 Å². The van der Waals surface area contributed by atoms with Crippen molar-refractivity contribution in [1.82, 2.24) is 4.90 Å². The van der Waals surface area contributed by atoms with Crippen molar-refractivity contribution in [2.45, 2.75) is 19.0 Å². The summed E-state index contributed by atoms with van der Waals surface area (Å²) in [5.41, 5.74) is 8.32. The Labute approximate surface area is 204 Å². The molecule has 0 spiro atoms. The van der Waals surface area contributed by atoms with Crippen LogP contribution in [0, 0.1) is 11.8 Å². The number of ether oxygens (including phenoxy) is 1. The number of hydrogen-bond donors (Lipinski definition) is 1. The van der Waals surface area contributed by atoms with Crippen LogP contribution in [0.5, 0.6) is 0 Å². The van der Waals surface area contributed by atoms with Gasteiger partial charge in [-0.15, -0.1) is 0 Å². The first-order valence-electron chi connectivity index (χ1n) is 10.8. The average molecular weight is 501 g/mol. The molecule has 0 atom stereocenters. The molecule has 1 aliphatic rings. The molecule has 11 heteroatoms. The number of benzene rings is 2. The predicted octanol–water partition coefficient (Wildman–Crippen LogP) is 2.03. The molecule has 36 heavy (non-hydrogen) atoms. The second-order valence-corrected chi connectivity index (χ2v) is 7.91. The number of fused-ring (bicyclic) bond motifs is 1. The quantitative estimate of drug-likeness (QED) is 0.382. The van der Waals surface area contributed by atoms with E-state index in [9.17, 15) is 32.3 Å². The van der Waals surface area contributed by atoms with Gasteiger partial charge in [-0.1, -0.05) is 24.0 Å². The van der Waals surface area contributed by atoms with Crippen molar-refractivity contribution < 1.29 is 37.1 Å². The van der Waals surface area contributed by atoms with Crippen molar-refractivity contribution in [2.24, 2.45) is 5.73 Å². The lowest BCUT2D eigenvalue weighted by Gasteiger charge is -2.19. The van der Waals surface area contributed by atoms with Gasteiger partial charge in [-0.2, -0.15) is 13.2 Å². The van der Waals surface area contributed by atoms with Crippen LogP contribution >= 0.6 is 0 Å². The van der Waals surface area contributed by atoms with Crippen LogP contribution in [0.15, 0.2) is 42.5 Å². The summed E-state index contributed by atoms with van der Waals surface area (Å²) in [5.74, 6) is 0.758. The summed E-state index contributed by atoms with van der Waals surface area (Å²) in [6.07, 6.45) is -5.28. The van der Waals surface area contributed by atoms with Gasteiger partial charge in [-0.3, -0.25) is 14.4 Å². The molecule has 0 fully saturated rings. The molecule has 8 nitrogen and oxygen atoms in total. The van der Waals surface area contributed by atoms with Crippen LogP contribution in [0.3, 0.4) is 0 Å². The van der Waals surface area contributed by atoms with Crippen LogP contribution in [0.25, 0.3) is 0 Å². The molecule has 0 saturated carbocycles. The van der Waals surface area contributed by atoms with Crippen LogP contribution in [0.1, 0.15) is 33.5 Å². The SMILES string of the molecule is CN1C(=O)CN(CCC(=O)OC(=O)C(F)(F)F)C(=O)c2cc(C#Cc3ccc(CCN)cc3)ccc21. The molecule has 2 N–H and O–H groups in total. The van der Waals surface area contributed by atoms with Crippen molar-refractivity contribution in [2.75, 3.05) is 31.6 Å². The average Bonchev–Trinajstić information content (AvgIpc) is 2.92. The molecule has 0 saturated heterocycles. The van der Waals surface area contributed by atoms with E-state index in [0.717, 1.165) is 22.4 Å². The first-order valence-corrected chi connectivity index (χ1v) is 10.8. The fraction of sp³-hybridized carbons (Fsp3) is 0.280. The number of halogens is 3. The van der Waals surface area contributed by atoms with Crippen LogP contribution in [0.4, 0.5) is 18.9 Å². The Morgan fingerprint density at radius 1 is 1.06 bits per heavy atom. The van der Waals surface area contributed by atoms with Gasteiger partial charge in [0.15, 0.2) is 0 Å². The van der Waals surface area contributed by atoms with Gasteiger partial charge in [-0.25, -0.2) is 4.79 Å². The third-order valence-corrected chi connectivity index (χ3v) is 5.34. The third kappa shape index (κ3) is 6.49. The van der Waals surface area contributed by atoms with Crippen molar-refractivity contribution in [1.29, 1.82) is 0 Å². The summed E-state index contributed by atoms with van der Waals surface area (Å²) < 4.78 is 40.6. The maximum Gasteiger partial charge on any atom is 0.491 e. The minimum absolute atomic E-state index is 0.133. The highest BCUT2D eigenvalue weighted by Crippen LogP contribution is 2.26. The van der Waals surface area contributed by atoms with E-state index in [1.54, 1.807) is 12.1 Å². The molecule has 2 amide bonds. The predicted molar refractivity (Wildman–Crippen MR) is 123 cm³/mol. The Hall–Kier alpha value is -4.17. The zero-order chi connectivity index (χ0) is 26.5. The molecular weight excluding hydrogens is 479 g/mol. The first kappa shape index (κ1) is 26.4. The maximum absolute atomic E-state index is 13.1. The smallest absolute Gasteiger partial charge is 0.386 e. The number of anilines is 1. The standard InChI is InChI=1S/C25H22F3N3O5/c1-30-20-9-8-18(7-6-16-2-4-17(5-3-16)10-12-29)14-19(20)23(34)31(15-21(30)32)13-11-22(33)36-24(35)25(26,27)28/h2-5,8-9,14H,10-13,15,29H2,1H3. The minimum Gasteiger partial charge on any atom is -0.386 e. The Morgan fingerprint density at radius 3 is 2.33 bits per heavy atom. The van der Waals surface area contributed by atoms with Gasteiger partial charge in [0.1, 0.15) is 6.54 Å². The molecule has 0 radical (unpaired) electrons. The van der Waals surface area contributed by atoms with Gasteiger partial charge in [0.2, 0.25) is 5.91 Å². The van der Waals surface area contributed by atoms with E-state index >= 15 is 0 Å². The molecular formula is C25H22F3N3O5. The Morgan fingerprint density at radius 2 is 1.69 bits per heavy atom. The van der Waals surface area contributed by atoms with Gasteiger partial charge in [0.25, 0.3) is 5.91 Å². The molecule has 1 aliphatic heterocycles. The van der Waals surface area contributed by atoms with Gasteiger partial charge in [0, 0.05) is 24.7 Å². The monoisotopic (exact) mass is 501 g/mol. The van der Waals surface area contributed by atoms with Crippen LogP contribution in [-0.2, 0) is 25.5 Å². The third-order valence-electron chi connectivity index (χ3n) is 5.34. The topological polar surface area (TPSA) is 110 Å². The Balaban J connectivity index is 1.79. The first-order chi connectivity index (χ1) is 17.0. The van der Waals surface area contributed by atoms with Crippen LogP contribution in [0.2, 0.25) is 0 Å². The number of carbonyl (C=O) groups is 4. The molecule has 0 aromatic heterocycles. The van der Waals surface area contributed by atoms with Gasteiger partial charge >= 0.3 is 18.1 Å². The number of esters is 2. The highest BCUT2D eigenvalue weighted by Gasteiger charge is 2.42. The molecule has 0 aliphatic carbocycles. The zero-order valence-corrected chi connectivity index (χ0v) is 19.2. The number of alkyl halides is 3. The number of rotatable bonds is 5. The second kappa shape index (κ2) is 11.0. The van der Waals surface area contributed by atoms with Gasteiger partial charge < -0.3 is 20.3 Å². The summed E-state index contributed by atoms with van der Waals surface area (Å²) >= 11 is 0. The summed E-state index contributed by atoms with van der Waals surface area (Å²) in [4.78, 5) is 50.4. The lowest BCUT2D eigenvalue weighted by atomic mass is 10.1. The lowest BCUT2D eigenvalue weighted by molar-refractivity contribution is -0.201. The normalized spacial score (nSPS) is 13.5. The minimum atomic E-state index is -5.32. The zero-order valence-electron chi connectivity index (χ0n) is 19.2. The molecule has 188 valence electrons. The van der Waals surface area contributed by atoms with Gasteiger partial charge in [0.05, 0.1) is 17.7 Å². The highest BCUT2D eigenvalue weighted by atomic mass is 19.4.